The van der Waals surface area contributed by atoms with Crippen molar-refractivity contribution in [2.75, 3.05) is 5.73 Å². The Bertz CT molecular complexity index is 516. The van der Waals surface area contributed by atoms with Crippen molar-refractivity contribution in [3.8, 4) is 0 Å². The Kier molecular flexibility index (Phi) is 1.97. The number of aromatic nitrogens is 1. The van der Waals surface area contributed by atoms with Crippen molar-refractivity contribution >= 4 is 34.1 Å². The average molecular weight is 209 g/mol. The second kappa shape index (κ2) is 3.03. The summed E-state index contributed by atoms with van der Waals surface area (Å²) < 4.78 is 1.41. The smallest absolute Gasteiger partial charge is 0.229 e. The summed E-state index contributed by atoms with van der Waals surface area (Å²) in [4.78, 5) is 11.3. The molecular formula is C10H9ClN2O. The Morgan fingerprint density at radius 2 is 2.07 bits per heavy atom. The van der Waals surface area contributed by atoms with Gasteiger partial charge in [-0.3, -0.25) is 9.36 Å². The largest absolute Gasteiger partial charge is 0.396 e. The molecule has 1 heterocycles. The molecule has 2 aromatic rings. The van der Waals surface area contributed by atoms with Gasteiger partial charge >= 0.3 is 0 Å². The lowest BCUT2D eigenvalue weighted by atomic mass is 10.2. The van der Waals surface area contributed by atoms with E-state index in [0.29, 0.717) is 10.8 Å². The molecule has 1 aromatic carbocycles. The van der Waals surface area contributed by atoms with Crippen molar-refractivity contribution in [3.05, 3.63) is 29.4 Å². The van der Waals surface area contributed by atoms with Crippen LogP contribution in [0, 0.1) is 0 Å². The van der Waals surface area contributed by atoms with Crippen molar-refractivity contribution in [1.29, 1.82) is 0 Å². The molecular weight excluding hydrogens is 200 g/mol. The van der Waals surface area contributed by atoms with Crippen LogP contribution >= 0.6 is 11.6 Å². The van der Waals surface area contributed by atoms with E-state index in [4.69, 9.17) is 17.3 Å². The molecule has 0 fully saturated rings. The zero-order valence-electron chi connectivity index (χ0n) is 7.62. The summed E-state index contributed by atoms with van der Waals surface area (Å²) in [6, 6.07) is 7.37. The molecule has 3 nitrogen and oxygen atoms in total. The van der Waals surface area contributed by atoms with Crippen molar-refractivity contribution in [2.24, 2.45) is 0 Å². The lowest BCUT2D eigenvalue weighted by molar-refractivity contribution is 0.0942. The van der Waals surface area contributed by atoms with Crippen LogP contribution in [0.1, 0.15) is 11.7 Å². The highest BCUT2D eigenvalue weighted by molar-refractivity contribution is 6.35. The maximum Gasteiger partial charge on any atom is 0.229 e. The Balaban J connectivity index is 2.95. The van der Waals surface area contributed by atoms with Crippen LogP contribution in [-0.4, -0.2) is 10.5 Å². The van der Waals surface area contributed by atoms with Gasteiger partial charge in [0.05, 0.1) is 11.2 Å². The highest BCUT2D eigenvalue weighted by Gasteiger charge is 2.14. The number of rotatable bonds is 0. The number of nitrogens with two attached hydrogens (primary N) is 1. The Hall–Kier alpha value is -1.48. The minimum Gasteiger partial charge on any atom is -0.396 e. The van der Waals surface area contributed by atoms with Gasteiger partial charge in [0.1, 0.15) is 5.15 Å². The normalized spacial score (nSPS) is 10.7. The van der Waals surface area contributed by atoms with Gasteiger partial charge in [0.15, 0.2) is 0 Å². The first-order chi connectivity index (χ1) is 6.63. The van der Waals surface area contributed by atoms with E-state index in [2.05, 4.69) is 0 Å². The van der Waals surface area contributed by atoms with E-state index in [-0.39, 0.29) is 5.91 Å². The van der Waals surface area contributed by atoms with Crippen molar-refractivity contribution < 1.29 is 4.79 Å². The fraction of sp³-hybridized carbons (Fsp3) is 0.100. The SMILES string of the molecule is CC(=O)n1c(Cl)c(N)c2ccccc21. The second-order valence-electron chi connectivity index (χ2n) is 3.08. The molecule has 0 aliphatic heterocycles. The second-order valence-corrected chi connectivity index (χ2v) is 3.43. The van der Waals surface area contributed by atoms with Crippen LogP contribution in [0.5, 0.6) is 0 Å². The van der Waals surface area contributed by atoms with Gasteiger partial charge in [0.2, 0.25) is 5.91 Å². The first-order valence-electron chi connectivity index (χ1n) is 4.18. The standard InChI is InChI=1S/C10H9ClN2O/c1-6(14)13-8-5-3-2-4-7(8)9(12)10(13)11/h2-5H,12H2,1H3. The third kappa shape index (κ3) is 1.09. The molecule has 1 aromatic heterocycles. The lowest BCUT2D eigenvalue weighted by Crippen LogP contribution is -2.04. The third-order valence-electron chi connectivity index (χ3n) is 2.17. The number of hydrogen-bond donors (Lipinski definition) is 1. The van der Waals surface area contributed by atoms with Gasteiger partial charge in [-0.05, 0) is 6.07 Å². The number of anilines is 1. The molecule has 0 unspecified atom stereocenters. The number of halogens is 1. The molecule has 0 bridgehead atoms. The van der Waals surface area contributed by atoms with Gasteiger partial charge in [-0.2, -0.15) is 0 Å². The van der Waals surface area contributed by atoms with E-state index >= 15 is 0 Å². The molecule has 2 rings (SSSR count). The molecule has 14 heavy (non-hydrogen) atoms. The average Bonchev–Trinajstić information content (AvgIpc) is 2.41. The van der Waals surface area contributed by atoms with Gasteiger partial charge < -0.3 is 5.73 Å². The van der Waals surface area contributed by atoms with Crippen LogP contribution in [0.25, 0.3) is 10.9 Å². The zero-order valence-corrected chi connectivity index (χ0v) is 8.38. The molecule has 0 atom stereocenters. The first-order valence-corrected chi connectivity index (χ1v) is 4.56. The summed E-state index contributed by atoms with van der Waals surface area (Å²) in [7, 11) is 0. The number of nitrogens with zero attached hydrogens (tertiary/aromatic N) is 1. The summed E-state index contributed by atoms with van der Waals surface area (Å²) in [5.74, 6) is -0.136. The predicted octanol–water partition coefficient (Wildman–Crippen LogP) is 2.54. The van der Waals surface area contributed by atoms with Gasteiger partial charge in [0.25, 0.3) is 0 Å². The fourth-order valence-corrected chi connectivity index (χ4v) is 1.85. The Morgan fingerprint density at radius 3 is 2.71 bits per heavy atom. The fourth-order valence-electron chi connectivity index (χ4n) is 1.54. The van der Waals surface area contributed by atoms with Crippen molar-refractivity contribution in [1.82, 2.24) is 4.57 Å². The molecule has 0 aliphatic carbocycles. The Labute approximate surface area is 86.1 Å². The van der Waals surface area contributed by atoms with Crippen molar-refractivity contribution in [2.45, 2.75) is 6.92 Å². The molecule has 0 aliphatic rings. The van der Waals surface area contributed by atoms with E-state index in [9.17, 15) is 4.79 Å². The molecule has 2 N–H and O–H groups in total. The summed E-state index contributed by atoms with van der Waals surface area (Å²) in [5.41, 5.74) is 6.98. The monoisotopic (exact) mass is 208 g/mol. The van der Waals surface area contributed by atoms with Crippen LogP contribution < -0.4 is 5.73 Å². The summed E-state index contributed by atoms with van der Waals surface area (Å²) in [6.07, 6.45) is 0. The number of carbonyl (C=O) groups excluding carboxylic acids is 1. The maximum absolute atomic E-state index is 11.3. The summed E-state index contributed by atoms with van der Waals surface area (Å²) >= 11 is 5.95. The van der Waals surface area contributed by atoms with E-state index in [1.807, 2.05) is 24.3 Å². The molecule has 0 amide bonds. The van der Waals surface area contributed by atoms with E-state index in [1.165, 1.54) is 11.5 Å². The minimum atomic E-state index is -0.136. The van der Waals surface area contributed by atoms with Crippen LogP contribution in [0.2, 0.25) is 5.15 Å². The molecule has 4 heteroatoms. The Morgan fingerprint density at radius 1 is 1.43 bits per heavy atom. The van der Waals surface area contributed by atoms with Crippen LogP contribution in [-0.2, 0) is 0 Å². The quantitative estimate of drug-likeness (QED) is 0.723. The van der Waals surface area contributed by atoms with E-state index in [1.54, 1.807) is 0 Å². The molecule has 0 spiro atoms. The third-order valence-corrected chi connectivity index (χ3v) is 2.54. The van der Waals surface area contributed by atoms with Gasteiger partial charge in [-0.15, -0.1) is 0 Å². The number of para-hydroxylation sites is 1. The number of fused-ring (bicyclic) bond motifs is 1. The number of hydrogen-bond acceptors (Lipinski definition) is 2. The molecule has 0 radical (unpaired) electrons. The predicted molar refractivity (Wildman–Crippen MR) is 57.7 cm³/mol. The van der Waals surface area contributed by atoms with E-state index in [0.717, 1.165) is 10.9 Å². The number of carbonyl (C=O) groups is 1. The van der Waals surface area contributed by atoms with E-state index < -0.39 is 0 Å². The topological polar surface area (TPSA) is 48.0 Å². The zero-order chi connectivity index (χ0) is 10.3. The van der Waals surface area contributed by atoms with Gasteiger partial charge in [0, 0.05) is 12.3 Å². The van der Waals surface area contributed by atoms with Crippen molar-refractivity contribution in [3.63, 3.8) is 0 Å². The molecule has 0 saturated heterocycles. The number of nitrogen functional groups attached to an aromatic ring is 1. The maximum atomic E-state index is 11.3. The van der Waals surface area contributed by atoms with Gasteiger partial charge in [-0.1, -0.05) is 29.8 Å². The lowest BCUT2D eigenvalue weighted by Gasteiger charge is -1.99. The highest BCUT2D eigenvalue weighted by atomic mass is 35.5. The summed E-state index contributed by atoms with van der Waals surface area (Å²) in [5, 5.41) is 1.10. The minimum absolute atomic E-state index is 0.136. The molecule has 0 saturated carbocycles. The molecule has 72 valence electrons. The van der Waals surface area contributed by atoms with Gasteiger partial charge in [-0.25, -0.2) is 0 Å². The summed E-state index contributed by atoms with van der Waals surface area (Å²) in [6.45, 7) is 1.46. The highest BCUT2D eigenvalue weighted by Crippen LogP contribution is 2.31. The van der Waals surface area contributed by atoms with Crippen LogP contribution in [0.3, 0.4) is 0 Å². The first kappa shape index (κ1) is 9.09. The number of benzene rings is 1. The van der Waals surface area contributed by atoms with Crippen LogP contribution in [0.4, 0.5) is 5.69 Å². The van der Waals surface area contributed by atoms with Crippen LogP contribution in [0.15, 0.2) is 24.3 Å².